The van der Waals surface area contributed by atoms with E-state index in [9.17, 15) is 0 Å². The minimum Gasteiger partial charge on any atom is -0.313 e. The molecule has 108 valence electrons. The molecule has 0 amide bonds. The summed E-state index contributed by atoms with van der Waals surface area (Å²) in [6, 6.07) is 1.55. The summed E-state index contributed by atoms with van der Waals surface area (Å²) in [5.74, 6) is 2.74. The summed E-state index contributed by atoms with van der Waals surface area (Å²) in [6.07, 6.45) is 13.5. The Labute approximate surface area is 118 Å². The average molecular weight is 263 g/mol. The number of likely N-dealkylation sites (tertiary alicyclic amines) is 1. The lowest BCUT2D eigenvalue weighted by Crippen LogP contribution is -2.45. The van der Waals surface area contributed by atoms with E-state index in [0.29, 0.717) is 6.04 Å². The van der Waals surface area contributed by atoms with E-state index >= 15 is 0 Å². The van der Waals surface area contributed by atoms with Gasteiger partial charge in [-0.1, -0.05) is 18.8 Å². The van der Waals surface area contributed by atoms with Crippen LogP contribution in [0.25, 0.3) is 0 Å². The predicted molar refractivity (Wildman–Crippen MR) is 81.2 cm³/mol. The zero-order chi connectivity index (χ0) is 13.5. The number of nitrogens with one attached hydrogen (secondary N) is 1. The van der Waals surface area contributed by atoms with Gasteiger partial charge in [0.2, 0.25) is 0 Å². The van der Waals surface area contributed by atoms with Crippen molar-refractivity contribution in [3.05, 3.63) is 0 Å². The standard InChI is InChI=1S/C16H29N3/c1-3-11-19-12-8-15(9-13-19)17-10-14-18(2)16-6-4-5-7-16/h1,15-17H,4-14H2,2H3. The van der Waals surface area contributed by atoms with Crippen molar-refractivity contribution in [2.45, 2.75) is 50.6 Å². The third-order valence-corrected chi connectivity index (χ3v) is 4.75. The number of rotatable bonds is 6. The molecule has 0 aromatic rings. The van der Waals surface area contributed by atoms with Gasteiger partial charge in [-0.2, -0.15) is 0 Å². The first kappa shape index (κ1) is 14.8. The molecule has 0 aromatic carbocycles. The number of hydrogen-bond acceptors (Lipinski definition) is 3. The van der Waals surface area contributed by atoms with Gasteiger partial charge in [-0.15, -0.1) is 6.42 Å². The van der Waals surface area contributed by atoms with E-state index in [1.807, 2.05) is 0 Å². The highest BCUT2D eigenvalue weighted by Gasteiger charge is 2.20. The minimum atomic E-state index is 0.700. The molecule has 0 radical (unpaired) electrons. The van der Waals surface area contributed by atoms with Crippen LogP contribution in [0.15, 0.2) is 0 Å². The molecule has 0 atom stereocenters. The fraction of sp³-hybridized carbons (Fsp3) is 0.875. The van der Waals surface area contributed by atoms with Crippen molar-refractivity contribution in [2.75, 3.05) is 39.8 Å². The summed E-state index contributed by atoms with van der Waals surface area (Å²) < 4.78 is 0. The molecule has 3 heteroatoms. The van der Waals surface area contributed by atoms with Crippen molar-refractivity contribution in [1.29, 1.82) is 0 Å². The Hall–Kier alpha value is -0.560. The Morgan fingerprint density at radius 3 is 2.53 bits per heavy atom. The molecule has 0 unspecified atom stereocenters. The van der Waals surface area contributed by atoms with E-state index in [1.54, 1.807) is 0 Å². The lowest BCUT2D eigenvalue weighted by Gasteiger charge is -2.32. The molecule has 2 rings (SSSR count). The summed E-state index contributed by atoms with van der Waals surface area (Å²) in [5, 5.41) is 3.72. The lowest BCUT2D eigenvalue weighted by atomic mass is 10.1. The molecule has 2 fully saturated rings. The number of hydrogen-bond donors (Lipinski definition) is 1. The third-order valence-electron chi connectivity index (χ3n) is 4.75. The lowest BCUT2D eigenvalue weighted by molar-refractivity contribution is 0.204. The normalized spacial score (nSPS) is 23.0. The predicted octanol–water partition coefficient (Wildman–Crippen LogP) is 1.55. The molecule has 1 N–H and O–H groups in total. The Balaban J connectivity index is 1.55. The zero-order valence-corrected chi connectivity index (χ0v) is 12.4. The number of terminal acetylenes is 1. The summed E-state index contributed by atoms with van der Waals surface area (Å²) in [5.41, 5.74) is 0. The van der Waals surface area contributed by atoms with Crippen LogP contribution in [0.5, 0.6) is 0 Å². The fourth-order valence-corrected chi connectivity index (χ4v) is 3.40. The van der Waals surface area contributed by atoms with Gasteiger partial charge < -0.3 is 10.2 Å². The van der Waals surface area contributed by atoms with Crippen LogP contribution in [0.4, 0.5) is 0 Å². The second-order valence-corrected chi connectivity index (χ2v) is 6.13. The second kappa shape index (κ2) is 7.89. The first-order valence-corrected chi connectivity index (χ1v) is 7.89. The molecular formula is C16H29N3. The van der Waals surface area contributed by atoms with E-state index in [4.69, 9.17) is 6.42 Å². The van der Waals surface area contributed by atoms with Crippen LogP contribution in [-0.4, -0.2) is 61.7 Å². The average Bonchev–Trinajstić information content (AvgIpc) is 2.95. The Kier molecular flexibility index (Phi) is 6.16. The van der Waals surface area contributed by atoms with Crippen LogP contribution in [-0.2, 0) is 0 Å². The van der Waals surface area contributed by atoms with Crippen molar-refractivity contribution >= 4 is 0 Å². The van der Waals surface area contributed by atoms with Crippen molar-refractivity contribution in [2.24, 2.45) is 0 Å². The summed E-state index contributed by atoms with van der Waals surface area (Å²) >= 11 is 0. The second-order valence-electron chi connectivity index (χ2n) is 6.13. The highest BCUT2D eigenvalue weighted by atomic mass is 15.2. The quantitative estimate of drug-likeness (QED) is 0.734. The summed E-state index contributed by atoms with van der Waals surface area (Å²) in [7, 11) is 2.28. The van der Waals surface area contributed by atoms with Gasteiger partial charge in [0.15, 0.2) is 0 Å². The molecule has 3 nitrogen and oxygen atoms in total. The molecular weight excluding hydrogens is 234 g/mol. The van der Waals surface area contributed by atoms with E-state index < -0.39 is 0 Å². The highest BCUT2D eigenvalue weighted by molar-refractivity contribution is 4.90. The van der Waals surface area contributed by atoms with Crippen LogP contribution < -0.4 is 5.32 Å². The maximum atomic E-state index is 5.35. The zero-order valence-electron chi connectivity index (χ0n) is 12.4. The van der Waals surface area contributed by atoms with Gasteiger partial charge in [0.1, 0.15) is 0 Å². The molecule has 19 heavy (non-hydrogen) atoms. The third kappa shape index (κ3) is 4.80. The van der Waals surface area contributed by atoms with E-state index in [2.05, 4.69) is 28.1 Å². The maximum absolute atomic E-state index is 5.35. The van der Waals surface area contributed by atoms with Crippen molar-refractivity contribution in [3.63, 3.8) is 0 Å². The molecule has 1 heterocycles. The molecule has 1 aliphatic heterocycles. The van der Waals surface area contributed by atoms with Crippen molar-refractivity contribution < 1.29 is 0 Å². The summed E-state index contributed by atoms with van der Waals surface area (Å²) in [6.45, 7) is 5.44. The SMILES string of the molecule is C#CCN1CCC(NCCN(C)C2CCCC2)CC1. The van der Waals surface area contributed by atoms with Gasteiger partial charge in [-0.3, -0.25) is 4.90 Å². The molecule has 1 aliphatic carbocycles. The first-order chi connectivity index (χ1) is 9.29. The number of piperidine rings is 1. The van der Waals surface area contributed by atoms with Crippen LogP contribution >= 0.6 is 0 Å². The van der Waals surface area contributed by atoms with Crippen LogP contribution in [0.1, 0.15) is 38.5 Å². The van der Waals surface area contributed by atoms with E-state index in [-0.39, 0.29) is 0 Å². The van der Waals surface area contributed by atoms with E-state index in [1.165, 1.54) is 45.1 Å². The van der Waals surface area contributed by atoms with Gasteiger partial charge in [0, 0.05) is 38.3 Å². The van der Waals surface area contributed by atoms with Gasteiger partial charge in [-0.25, -0.2) is 0 Å². The maximum Gasteiger partial charge on any atom is 0.0598 e. The van der Waals surface area contributed by atoms with Gasteiger partial charge in [-0.05, 0) is 32.7 Å². The van der Waals surface area contributed by atoms with Crippen LogP contribution in [0.2, 0.25) is 0 Å². The van der Waals surface area contributed by atoms with E-state index in [0.717, 1.165) is 32.2 Å². The Morgan fingerprint density at radius 1 is 1.21 bits per heavy atom. The number of nitrogens with zero attached hydrogens (tertiary/aromatic N) is 2. The molecule has 2 aliphatic rings. The van der Waals surface area contributed by atoms with Crippen molar-refractivity contribution in [1.82, 2.24) is 15.1 Å². The topological polar surface area (TPSA) is 18.5 Å². The molecule has 1 saturated heterocycles. The van der Waals surface area contributed by atoms with Crippen molar-refractivity contribution in [3.8, 4) is 12.3 Å². The fourth-order valence-electron chi connectivity index (χ4n) is 3.40. The monoisotopic (exact) mass is 263 g/mol. The molecule has 0 bridgehead atoms. The Morgan fingerprint density at radius 2 is 1.89 bits per heavy atom. The molecule has 1 saturated carbocycles. The first-order valence-electron chi connectivity index (χ1n) is 7.89. The van der Waals surface area contributed by atoms with Gasteiger partial charge in [0.05, 0.1) is 6.54 Å². The highest BCUT2D eigenvalue weighted by Crippen LogP contribution is 2.21. The number of likely N-dealkylation sites (N-methyl/N-ethyl adjacent to an activating group) is 1. The minimum absolute atomic E-state index is 0.700. The van der Waals surface area contributed by atoms with Gasteiger partial charge >= 0.3 is 0 Å². The van der Waals surface area contributed by atoms with Gasteiger partial charge in [0.25, 0.3) is 0 Å². The Bertz CT molecular complexity index is 283. The molecule has 0 spiro atoms. The van der Waals surface area contributed by atoms with Crippen LogP contribution in [0.3, 0.4) is 0 Å². The largest absolute Gasteiger partial charge is 0.313 e. The van der Waals surface area contributed by atoms with Crippen LogP contribution in [0, 0.1) is 12.3 Å². The molecule has 0 aromatic heterocycles. The smallest absolute Gasteiger partial charge is 0.0598 e. The summed E-state index contributed by atoms with van der Waals surface area (Å²) in [4.78, 5) is 4.93.